The number of alkyl halides is 1. The van der Waals surface area contributed by atoms with Crippen molar-refractivity contribution in [2.24, 2.45) is 0 Å². The Balaban J connectivity index is 2.42. The fourth-order valence-corrected chi connectivity index (χ4v) is 3.75. The van der Waals surface area contributed by atoms with Gasteiger partial charge in [-0.25, -0.2) is 13.2 Å². The largest absolute Gasteiger partial charge is 0.204 e. The first kappa shape index (κ1) is 14.1. The number of halogens is 5. The summed E-state index contributed by atoms with van der Waals surface area (Å²) in [6, 6.07) is 3.91. The Bertz CT molecular complexity index is 552. The quantitative estimate of drug-likeness (QED) is 0.447. The van der Waals surface area contributed by atoms with Gasteiger partial charge in [0.15, 0.2) is 17.5 Å². The van der Waals surface area contributed by atoms with Gasteiger partial charge in [-0.15, -0.1) is 11.3 Å². The predicted molar refractivity (Wildman–Crippen MR) is 73.8 cm³/mol. The lowest BCUT2D eigenvalue weighted by atomic mass is 10.1. The molecule has 0 spiro atoms. The van der Waals surface area contributed by atoms with Gasteiger partial charge < -0.3 is 0 Å². The topological polar surface area (TPSA) is 0 Å². The van der Waals surface area contributed by atoms with Crippen molar-refractivity contribution in [2.75, 3.05) is 0 Å². The third-order valence-electron chi connectivity index (χ3n) is 2.42. The van der Waals surface area contributed by atoms with Crippen molar-refractivity contribution in [1.82, 2.24) is 0 Å². The Morgan fingerprint density at radius 3 is 2.11 bits per heavy atom. The number of aryl methyl sites for hydroxylation is 1. The first-order valence-electron chi connectivity index (χ1n) is 4.94. The molecule has 1 heterocycles. The van der Waals surface area contributed by atoms with E-state index in [1.807, 2.05) is 13.0 Å². The molecule has 0 fully saturated rings. The molecule has 0 nitrogen and oxygen atoms in total. The SMILES string of the molecule is Cc1cc(C(Br)c2cc(F)c(F)c(F)c2)sc1Br. The maximum Gasteiger partial charge on any atom is 0.194 e. The maximum absolute atomic E-state index is 13.2. The summed E-state index contributed by atoms with van der Waals surface area (Å²) in [5.74, 6) is -3.80. The van der Waals surface area contributed by atoms with Crippen LogP contribution in [0.1, 0.15) is 20.8 Å². The molecule has 2 aromatic rings. The number of benzene rings is 1. The third-order valence-corrected chi connectivity index (χ3v) is 5.95. The minimum absolute atomic E-state index is 0.347. The first-order chi connectivity index (χ1) is 8.40. The number of hydrogen-bond donors (Lipinski definition) is 0. The van der Waals surface area contributed by atoms with Gasteiger partial charge in [0.05, 0.1) is 8.61 Å². The van der Waals surface area contributed by atoms with Crippen LogP contribution in [0, 0.1) is 24.4 Å². The van der Waals surface area contributed by atoms with Crippen molar-refractivity contribution in [2.45, 2.75) is 11.8 Å². The van der Waals surface area contributed by atoms with E-state index in [1.54, 1.807) is 0 Å². The van der Waals surface area contributed by atoms with E-state index < -0.39 is 17.5 Å². The minimum atomic E-state index is -1.44. The summed E-state index contributed by atoms with van der Waals surface area (Å²) in [6.45, 7) is 1.93. The lowest BCUT2D eigenvalue weighted by Gasteiger charge is -2.09. The lowest BCUT2D eigenvalue weighted by molar-refractivity contribution is 0.445. The van der Waals surface area contributed by atoms with Gasteiger partial charge >= 0.3 is 0 Å². The molecule has 0 saturated carbocycles. The van der Waals surface area contributed by atoms with Crippen LogP contribution in [-0.4, -0.2) is 0 Å². The fraction of sp³-hybridized carbons (Fsp3) is 0.167. The Morgan fingerprint density at radius 2 is 1.67 bits per heavy atom. The number of rotatable bonds is 2. The van der Waals surface area contributed by atoms with E-state index in [2.05, 4.69) is 31.9 Å². The second-order valence-corrected chi connectivity index (χ2v) is 7.08. The Kier molecular flexibility index (Phi) is 4.18. The van der Waals surface area contributed by atoms with E-state index in [0.29, 0.717) is 5.56 Å². The smallest absolute Gasteiger partial charge is 0.194 e. The summed E-state index contributed by atoms with van der Waals surface area (Å²) in [6.07, 6.45) is 0. The molecule has 1 unspecified atom stereocenters. The summed E-state index contributed by atoms with van der Waals surface area (Å²) < 4.78 is 40.2. The standard InChI is InChI=1S/C12H7Br2F3S/c1-5-2-9(18-12(5)14)10(13)6-3-7(15)11(17)8(16)4-6/h2-4,10H,1H3. The highest BCUT2D eigenvalue weighted by molar-refractivity contribution is 9.11. The summed E-state index contributed by atoms with van der Waals surface area (Å²) in [7, 11) is 0. The molecule has 0 N–H and O–H groups in total. The molecule has 0 aliphatic carbocycles. The van der Waals surface area contributed by atoms with Crippen LogP contribution in [0.5, 0.6) is 0 Å². The van der Waals surface area contributed by atoms with Crippen LogP contribution in [-0.2, 0) is 0 Å². The molecule has 0 aliphatic heterocycles. The van der Waals surface area contributed by atoms with Crippen LogP contribution < -0.4 is 0 Å². The molecule has 18 heavy (non-hydrogen) atoms. The van der Waals surface area contributed by atoms with Crippen molar-refractivity contribution in [3.05, 3.63) is 55.4 Å². The van der Waals surface area contributed by atoms with E-state index in [4.69, 9.17) is 0 Å². The average Bonchev–Trinajstić information content (AvgIpc) is 2.65. The van der Waals surface area contributed by atoms with E-state index in [1.165, 1.54) is 11.3 Å². The normalized spacial score (nSPS) is 12.8. The van der Waals surface area contributed by atoms with Crippen LogP contribution >= 0.6 is 43.2 Å². The van der Waals surface area contributed by atoms with Crippen molar-refractivity contribution < 1.29 is 13.2 Å². The van der Waals surface area contributed by atoms with Gasteiger partial charge in [-0.1, -0.05) is 15.9 Å². The van der Waals surface area contributed by atoms with Gasteiger partial charge in [0.25, 0.3) is 0 Å². The molecule has 0 radical (unpaired) electrons. The van der Waals surface area contributed by atoms with Gasteiger partial charge in [0.1, 0.15) is 0 Å². The van der Waals surface area contributed by atoms with Crippen LogP contribution in [0.4, 0.5) is 13.2 Å². The highest BCUT2D eigenvalue weighted by Crippen LogP contribution is 2.39. The zero-order valence-corrected chi connectivity index (χ0v) is 13.1. The molecule has 0 aliphatic rings. The Morgan fingerprint density at radius 1 is 1.11 bits per heavy atom. The Hall–Kier alpha value is -0.330. The molecule has 0 amide bonds. The average molecular weight is 400 g/mol. The van der Waals surface area contributed by atoms with Gasteiger partial charge in [-0.2, -0.15) is 0 Å². The molecular weight excluding hydrogens is 393 g/mol. The van der Waals surface area contributed by atoms with E-state index >= 15 is 0 Å². The van der Waals surface area contributed by atoms with Gasteiger partial charge in [-0.05, 0) is 52.2 Å². The first-order valence-corrected chi connectivity index (χ1v) is 7.47. The molecule has 1 aromatic heterocycles. The summed E-state index contributed by atoms with van der Waals surface area (Å²) in [5, 5.41) is 0. The second-order valence-electron chi connectivity index (χ2n) is 3.77. The maximum atomic E-state index is 13.2. The molecule has 96 valence electrons. The molecule has 0 bridgehead atoms. The van der Waals surface area contributed by atoms with Gasteiger partial charge in [0.2, 0.25) is 0 Å². The van der Waals surface area contributed by atoms with Crippen molar-refractivity contribution in [1.29, 1.82) is 0 Å². The van der Waals surface area contributed by atoms with Crippen molar-refractivity contribution >= 4 is 43.2 Å². The van der Waals surface area contributed by atoms with Gasteiger partial charge in [-0.3, -0.25) is 0 Å². The third kappa shape index (κ3) is 2.65. The molecule has 1 aromatic carbocycles. The number of hydrogen-bond acceptors (Lipinski definition) is 1. The van der Waals surface area contributed by atoms with Crippen molar-refractivity contribution in [3.63, 3.8) is 0 Å². The number of thiophene rings is 1. The molecule has 6 heteroatoms. The predicted octanol–water partition coefficient (Wildman–Crippen LogP) is 5.72. The fourth-order valence-electron chi connectivity index (χ4n) is 1.49. The van der Waals surface area contributed by atoms with Crippen LogP contribution in [0.3, 0.4) is 0 Å². The molecule has 2 rings (SSSR count). The highest BCUT2D eigenvalue weighted by Gasteiger charge is 2.18. The molecule has 1 atom stereocenters. The lowest BCUT2D eigenvalue weighted by Crippen LogP contribution is -1.97. The zero-order valence-electron chi connectivity index (χ0n) is 9.11. The van der Waals surface area contributed by atoms with Crippen LogP contribution in [0.15, 0.2) is 22.0 Å². The van der Waals surface area contributed by atoms with E-state index in [9.17, 15) is 13.2 Å². The van der Waals surface area contributed by atoms with Crippen LogP contribution in [0.2, 0.25) is 0 Å². The summed E-state index contributed by atoms with van der Waals surface area (Å²) in [5.41, 5.74) is 1.39. The van der Waals surface area contributed by atoms with Crippen LogP contribution in [0.25, 0.3) is 0 Å². The summed E-state index contributed by atoms with van der Waals surface area (Å²) >= 11 is 8.22. The van der Waals surface area contributed by atoms with Crippen molar-refractivity contribution in [3.8, 4) is 0 Å². The minimum Gasteiger partial charge on any atom is -0.204 e. The monoisotopic (exact) mass is 398 g/mol. The Labute approximate surface area is 123 Å². The van der Waals surface area contributed by atoms with E-state index in [-0.39, 0.29) is 4.83 Å². The summed E-state index contributed by atoms with van der Waals surface area (Å²) in [4.78, 5) is 0.530. The van der Waals surface area contributed by atoms with E-state index in [0.717, 1.165) is 26.4 Å². The van der Waals surface area contributed by atoms with Gasteiger partial charge in [0, 0.05) is 4.88 Å². The second kappa shape index (κ2) is 5.35. The molecule has 0 saturated heterocycles. The highest BCUT2D eigenvalue weighted by atomic mass is 79.9. The molecular formula is C12H7Br2F3S. The zero-order chi connectivity index (χ0) is 13.4.